The molecule has 0 radical (unpaired) electrons. The summed E-state index contributed by atoms with van der Waals surface area (Å²) in [4.78, 5) is 0. The second-order valence-electron chi connectivity index (χ2n) is 6.14. The van der Waals surface area contributed by atoms with Crippen LogP contribution in [0.2, 0.25) is 0 Å². The molecular formula is C17H27NO3. The predicted octanol–water partition coefficient (Wildman–Crippen LogP) is 3.24. The normalized spacial score (nSPS) is 15.9. The van der Waals surface area contributed by atoms with Crippen LogP contribution in [-0.2, 0) is 6.54 Å². The van der Waals surface area contributed by atoms with Crippen molar-refractivity contribution in [1.82, 2.24) is 5.32 Å². The van der Waals surface area contributed by atoms with Crippen LogP contribution in [0.15, 0.2) is 12.1 Å². The van der Waals surface area contributed by atoms with E-state index < -0.39 is 0 Å². The Morgan fingerprint density at radius 1 is 1.00 bits per heavy atom. The zero-order chi connectivity index (χ0) is 15.5. The summed E-state index contributed by atoms with van der Waals surface area (Å²) < 4.78 is 16.1. The zero-order valence-corrected chi connectivity index (χ0v) is 13.8. The molecule has 1 saturated carbocycles. The topological polar surface area (TPSA) is 39.7 Å². The first-order valence-corrected chi connectivity index (χ1v) is 7.56. The number of ether oxygens (including phenoxy) is 3. The Hall–Kier alpha value is -1.42. The number of hydrogen-bond donors (Lipinski definition) is 1. The lowest BCUT2D eigenvalue weighted by molar-refractivity contribution is 0.333. The van der Waals surface area contributed by atoms with Crippen LogP contribution in [0.4, 0.5) is 0 Å². The molecule has 1 aliphatic carbocycles. The molecule has 21 heavy (non-hydrogen) atoms. The number of benzene rings is 1. The van der Waals surface area contributed by atoms with E-state index in [1.165, 1.54) is 12.8 Å². The van der Waals surface area contributed by atoms with Crippen LogP contribution in [-0.4, -0.2) is 27.9 Å². The number of methoxy groups -OCH3 is 3. The molecule has 4 heteroatoms. The van der Waals surface area contributed by atoms with Crippen molar-refractivity contribution < 1.29 is 14.2 Å². The first-order chi connectivity index (χ1) is 10.1. The molecule has 1 aromatic rings. The maximum atomic E-state index is 5.46. The largest absolute Gasteiger partial charge is 0.496 e. The first kappa shape index (κ1) is 16.0. The quantitative estimate of drug-likeness (QED) is 0.799. The van der Waals surface area contributed by atoms with Crippen molar-refractivity contribution in [1.29, 1.82) is 0 Å². The summed E-state index contributed by atoms with van der Waals surface area (Å²) in [5.41, 5.74) is 1.60. The first-order valence-electron chi connectivity index (χ1n) is 7.56. The third-order valence-electron chi connectivity index (χ3n) is 4.70. The highest BCUT2D eigenvalue weighted by molar-refractivity contribution is 5.50. The van der Waals surface area contributed by atoms with Crippen LogP contribution in [0.1, 0.15) is 32.3 Å². The van der Waals surface area contributed by atoms with E-state index in [9.17, 15) is 0 Å². The second kappa shape index (κ2) is 6.56. The molecule has 1 aliphatic rings. The maximum absolute atomic E-state index is 5.46. The Labute approximate surface area is 127 Å². The Bertz CT molecular complexity index is 481. The van der Waals surface area contributed by atoms with Crippen LogP contribution in [0.3, 0.4) is 0 Å². The van der Waals surface area contributed by atoms with Gasteiger partial charge in [0.1, 0.15) is 5.75 Å². The highest BCUT2D eigenvalue weighted by Gasteiger charge is 2.44. The van der Waals surface area contributed by atoms with Gasteiger partial charge in [-0.3, -0.25) is 0 Å². The average molecular weight is 293 g/mol. The van der Waals surface area contributed by atoms with E-state index in [1.807, 2.05) is 12.1 Å². The standard InChI is InChI=1S/C17H27NO3/c1-12(2)17(6-7-17)11-18-10-13-8-15(20-4)16(21-5)9-14(13)19-3/h8-9,12,18H,6-7,10-11H2,1-5H3. The van der Waals surface area contributed by atoms with Gasteiger partial charge < -0.3 is 19.5 Å². The van der Waals surface area contributed by atoms with E-state index in [1.54, 1.807) is 21.3 Å². The molecule has 0 amide bonds. The third kappa shape index (κ3) is 3.43. The van der Waals surface area contributed by atoms with Crippen LogP contribution < -0.4 is 19.5 Å². The van der Waals surface area contributed by atoms with Crippen molar-refractivity contribution in [2.45, 2.75) is 33.2 Å². The van der Waals surface area contributed by atoms with Gasteiger partial charge in [0.05, 0.1) is 21.3 Å². The van der Waals surface area contributed by atoms with Crippen LogP contribution in [0.5, 0.6) is 17.2 Å². The van der Waals surface area contributed by atoms with Crippen molar-refractivity contribution in [3.63, 3.8) is 0 Å². The van der Waals surface area contributed by atoms with Gasteiger partial charge >= 0.3 is 0 Å². The Morgan fingerprint density at radius 3 is 2.05 bits per heavy atom. The summed E-state index contributed by atoms with van der Waals surface area (Å²) in [6.45, 7) is 6.46. The van der Waals surface area contributed by atoms with E-state index in [-0.39, 0.29) is 0 Å². The van der Waals surface area contributed by atoms with Gasteiger partial charge in [-0.15, -0.1) is 0 Å². The molecule has 1 aromatic carbocycles. The second-order valence-corrected chi connectivity index (χ2v) is 6.14. The van der Waals surface area contributed by atoms with Crippen molar-refractivity contribution in [2.24, 2.45) is 11.3 Å². The minimum Gasteiger partial charge on any atom is -0.496 e. The Morgan fingerprint density at radius 2 is 1.57 bits per heavy atom. The van der Waals surface area contributed by atoms with Crippen LogP contribution in [0.25, 0.3) is 0 Å². The lowest BCUT2D eigenvalue weighted by Gasteiger charge is -2.21. The van der Waals surface area contributed by atoms with Gasteiger partial charge in [-0.25, -0.2) is 0 Å². The molecule has 0 heterocycles. The molecule has 1 N–H and O–H groups in total. The molecule has 118 valence electrons. The van der Waals surface area contributed by atoms with Crippen molar-refractivity contribution in [3.8, 4) is 17.2 Å². The fourth-order valence-electron chi connectivity index (χ4n) is 2.80. The van der Waals surface area contributed by atoms with Crippen LogP contribution in [0, 0.1) is 11.3 Å². The molecule has 0 unspecified atom stereocenters. The minimum absolute atomic E-state index is 0.504. The molecule has 4 nitrogen and oxygen atoms in total. The molecule has 0 bridgehead atoms. The number of nitrogens with one attached hydrogen (secondary N) is 1. The molecule has 0 aliphatic heterocycles. The third-order valence-corrected chi connectivity index (χ3v) is 4.70. The molecule has 2 rings (SSSR count). The van der Waals surface area contributed by atoms with Crippen molar-refractivity contribution in [3.05, 3.63) is 17.7 Å². The summed E-state index contributed by atoms with van der Waals surface area (Å²) in [7, 11) is 4.97. The van der Waals surface area contributed by atoms with Gasteiger partial charge in [-0.05, 0) is 30.2 Å². The van der Waals surface area contributed by atoms with Gasteiger partial charge in [0.2, 0.25) is 0 Å². The van der Waals surface area contributed by atoms with Gasteiger partial charge in [0.15, 0.2) is 11.5 Å². The summed E-state index contributed by atoms with van der Waals surface area (Å²) in [5, 5.41) is 3.57. The number of rotatable bonds is 8. The zero-order valence-electron chi connectivity index (χ0n) is 13.8. The van der Waals surface area contributed by atoms with E-state index in [2.05, 4.69) is 19.2 Å². The smallest absolute Gasteiger partial charge is 0.164 e. The molecule has 0 spiro atoms. The van der Waals surface area contributed by atoms with E-state index in [0.717, 1.165) is 36.1 Å². The maximum Gasteiger partial charge on any atom is 0.164 e. The highest BCUT2D eigenvalue weighted by Crippen LogP contribution is 2.51. The fourth-order valence-corrected chi connectivity index (χ4v) is 2.80. The van der Waals surface area contributed by atoms with Crippen molar-refractivity contribution in [2.75, 3.05) is 27.9 Å². The monoisotopic (exact) mass is 293 g/mol. The van der Waals surface area contributed by atoms with E-state index >= 15 is 0 Å². The van der Waals surface area contributed by atoms with Gasteiger partial charge in [0, 0.05) is 24.7 Å². The summed E-state index contributed by atoms with van der Waals surface area (Å²) in [6.07, 6.45) is 2.67. The van der Waals surface area contributed by atoms with Gasteiger partial charge in [-0.2, -0.15) is 0 Å². The molecule has 0 saturated heterocycles. The van der Waals surface area contributed by atoms with Crippen molar-refractivity contribution >= 4 is 0 Å². The van der Waals surface area contributed by atoms with E-state index in [0.29, 0.717) is 11.2 Å². The Balaban J connectivity index is 2.05. The van der Waals surface area contributed by atoms with Gasteiger partial charge in [0.25, 0.3) is 0 Å². The highest BCUT2D eigenvalue weighted by atomic mass is 16.5. The summed E-state index contributed by atoms with van der Waals surface area (Å²) in [5.74, 6) is 2.99. The number of hydrogen-bond acceptors (Lipinski definition) is 4. The SMILES string of the molecule is COc1cc(OC)c(OC)cc1CNCC1(C(C)C)CC1. The molecule has 0 atom stereocenters. The summed E-state index contributed by atoms with van der Waals surface area (Å²) >= 11 is 0. The van der Waals surface area contributed by atoms with Crippen LogP contribution >= 0.6 is 0 Å². The minimum atomic E-state index is 0.504. The fraction of sp³-hybridized carbons (Fsp3) is 0.647. The van der Waals surface area contributed by atoms with E-state index in [4.69, 9.17) is 14.2 Å². The lowest BCUT2D eigenvalue weighted by Crippen LogP contribution is -2.27. The lowest BCUT2D eigenvalue weighted by atomic mass is 9.92. The average Bonchev–Trinajstić information content (AvgIpc) is 3.27. The molecule has 1 fully saturated rings. The molecular weight excluding hydrogens is 266 g/mol. The molecule has 0 aromatic heterocycles. The van der Waals surface area contributed by atoms with Gasteiger partial charge in [-0.1, -0.05) is 13.8 Å². The Kier molecular flexibility index (Phi) is 4.99. The summed E-state index contributed by atoms with van der Waals surface area (Å²) in [6, 6.07) is 3.87. The predicted molar refractivity (Wildman–Crippen MR) is 84.3 cm³/mol.